The molecule has 0 aromatic heterocycles. The van der Waals surface area contributed by atoms with Crippen molar-refractivity contribution in [1.82, 2.24) is 15.5 Å². The van der Waals surface area contributed by atoms with Crippen molar-refractivity contribution >= 4 is 5.91 Å². The first-order valence-electron chi connectivity index (χ1n) is 7.44. The molecule has 5 nitrogen and oxygen atoms in total. The van der Waals surface area contributed by atoms with E-state index >= 15 is 0 Å². The number of nitriles is 1. The second-order valence-electron chi connectivity index (χ2n) is 5.43. The lowest BCUT2D eigenvalue weighted by atomic mass is 10.0. The van der Waals surface area contributed by atoms with E-state index in [-0.39, 0.29) is 11.9 Å². The van der Waals surface area contributed by atoms with Gasteiger partial charge in [0.25, 0.3) is 0 Å². The number of hydrogen-bond donors (Lipinski definition) is 2. The fourth-order valence-electron chi connectivity index (χ4n) is 3.14. The zero-order valence-corrected chi connectivity index (χ0v) is 11.5. The van der Waals surface area contributed by atoms with E-state index in [0.29, 0.717) is 19.0 Å². The summed E-state index contributed by atoms with van der Waals surface area (Å²) in [4.78, 5) is 14.6. The van der Waals surface area contributed by atoms with E-state index in [4.69, 9.17) is 5.26 Å². The van der Waals surface area contributed by atoms with Crippen molar-refractivity contribution in [2.75, 3.05) is 26.2 Å². The summed E-state index contributed by atoms with van der Waals surface area (Å²) in [5.41, 5.74) is 0. The fourth-order valence-corrected chi connectivity index (χ4v) is 3.14. The highest BCUT2D eigenvalue weighted by Gasteiger charge is 2.35. The highest BCUT2D eigenvalue weighted by Crippen LogP contribution is 2.24. The molecule has 2 aliphatic rings. The molecule has 2 heterocycles. The number of amides is 1. The van der Waals surface area contributed by atoms with Crippen molar-refractivity contribution in [1.29, 1.82) is 5.26 Å². The maximum absolute atomic E-state index is 12.2. The Bertz CT molecular complexity index is 333. The van der Waals surface area contributed by atoms with Crippen molar-refractivity contribution in [3.63, 3.8) is 0 Å². The molecule has 19 heavy (non-hydrogen) atoms. The third kappa shape index (κ3) is 3.92. The maximum Gasteiger partial charge on any atom is 0.237 e. The van der Waals surface area contributed by atoms with Crippen LogP contribution < -0.4 is 10.6 Å². The normalized spacial score (nSPS) is 25.1. The Morgan fingerprint density at radius 3 is 2.89 bits per heavy atom. The summed E-state index contributed by atoms with van der Waals surface area (Å²) in [6.45, 7) is 3.82. The van der Waals surface area contributed by atoms with E-state index in [0.717, 1.165) is 51.7 Å². The molecule has 2 fully saturated rings. The van der Waals surface area contributed by atoms with Gasteiger partial charge in [0.1, 0.15) is 0 Å². The second kappa shape index (κ2) is 7.46. The number of nitrogens with one attached hydrogen (secondary N) is 2. The minimum atomic E-state index is 0.0604. The van der Waals surface area contributed by atoms with Crippen LogP contribution >= 0.6 is 0 Å². The number of nitrogens with zero attached hydrogens (tertiary/aromatic N) is 2. The van der Waals surface area contributed by atoms with Gasteiger partial charge in [-0.05, 0) is 51.7 Å². The molecule has 2 N–H and O–H groups in total. The van der Waals surface area contributed by atoms with E-state index in [1.807, 2.05) is 0 Å². The van der Waals surface area contributed by atoms with Crippen LogP contribution in [0.2, 0.25) is 0 Å². The molecule has 2 rings (SSSR count). The molecule has 2 saturated heterocycles. The van der Waals surface area contributed by atoms with Gasteiger partial charge >= 0.3 is 0 Å². The van der Waals surface area contributed by atoms with Crippen molar-refractivity contribution in [2.24, 2.45) is 0 Å². The topological polar surface area (TPSA) is 68.2 Å². The molecule has 0 aromatic carbocycles. The molecular weight excluding hydrogens is 240 g/mol. The Labute approximate surface area is 115 Å². The Balaban J connectivity index is 1.80. The van der Waals surface area contributed by atoms with Gasteiger partial charge in [0.05, 0.1) is 12.1 Å². The van der Waals surface area contributed by atoms with Crippen LogP contribution in [0.5, 0.6) is 0 Å². The number of likely N-dealkylation sites (tertiary alicyclic amines) is 1. The monoisotopic (exact) mass is 264 g/mol. The lowest BCUT2D eigenvalue weighted by Gasteiger charge is -2.35. The SMILES string of the molecule is N#CCCCNC(=O)C1CCCN1C1CCNCC1. The van der Waals surface area contributed by atoms with Crippen LogP contribution in [0.25, 0.3) is 0 Å². The van der Waals surface area contributed by atoms with E-state index in [2.05, 4.69) is 21.6 Å². The van der Waals surface area contributed by atoms with Crippen molar-refractivity contribution in [3.8, 4) is 6.07 Å². The number of carbonyl (C=O) groups is 1. The van der Waals surface area contributed by atoms with Gasteiger partial charge in [0.2, 0.25) is 5.91 Å². The van der Waals surface area contributed by atoms with Crippen LogP contribution in [0.1, 0.15) is 38.5 Å². The largest absolute Gasteiger partial charge is 0.355 e. The molecule has 1 amide bonds. The number of piperidine rings is 1. The van der Waals surface area contributed by atoms with Gasteiger partial charge in [-0.2, -0.15) is 5.26 Å². The van der Waals surface area contributed by atoms with Gasteiger partial charge < -0.3 is 10.6 Å². The van der Waals surface area contributed by atoms with Crippen LogP contribution in [0.15, 0.2) is 0 Å². The van der Waals surface area contributed by atoms with Crippen LogP contribution in [0.3, 0.4) is 0 Å². The first kappa shape index (κ1) is 14.3. The third-order valence-electron chi connectivity index (χ3n) is 4.14. The highest BCUT2D eigenvalue weighted by molar-refractivity contribution is 5.82. The van der Waals surface area contributed by atoms with Crippen LogP contribution in [0.4, 0.5) is 0 Å². The zero-order chi connectivity index (χ0) is 13.5. The third-order valence-corrected chi connectivity index (χ3v) is 4.14. The Kier molecular flexibility index (Phi) is 5.62. The average Bonchev–Trinajstić information content (AvgIpc) is 2.94. The lowest BCUT2D eigenvalue weighted by molar-refractivity contribution is -0.126. The van der Waals surface area contributed by atoms with Gasteiger partial charge in [0, 0.05) is 19.0 Å². The molecule has 106 valence electrons. The van der Waals surface area contributed by atoms with Gasteiger partial charge in [-0.1, -0.05) is 0 Å². The molecule has 1 atom stereocenters. The van der Waals surface area contributed by atoms with Crippen LogP contribution in [-0.2, 0) is 4.79 Å². The van der Waals surface area contributed by atoms with E-state index in [1.165, 1.54) is 0 Å². The molecule has 0 aliphatic carbocycles. The molecule has 0 aromatic rings. The van der Waals surface area contributed by atoms with Gasteiger partial charge in [0.15, 0.2) is 0 Å². The van der Waals surface area contributed by atoms with Crippen LogP contribution in [0, 0.1) is 11.3 Å². The lowest BCUT2D eigenvalue weighted by Crippen LogP contribution is -2.50. The quantitative estimate of drug-likeness (QED) is 0.714. The standard InChI is InChI=1S/C14H24N4O/c15-7-1-2-8-17-14(19)13-4-3-11-18(13)12-5-9-16-10-6-12/h12-13,16H,1-6,8-11H2,(H,17,19). The smallest absolute Gasteiger partial charge is 0.237 e. The summed E-state index contributed by atoms with van der Waals surface area (Å²) in [5.74, 6) is 0.161. The van der Waals surface area contributed by atoms with Gasteiger partial charge in [-0.25, -0.2) is 0 Å². The number of hydrogen-bond acceptors (Lipinski definition) is 4. The summed E-state index contributed by atoms with van der Waals surface area (Å²) in [5, 5.41) is 14.8. The minimum absolute atomic E-state index is 0.0604. The van der Waals surface area contributed by atoms with Gasteiger partial charge in [-0.15, -0.1) is 0 Å². The number of carbonyl (C=O) groups excluding carboxylic acids is 1. The van der Waals surface area contributed by atoms with Crippen LogP contribution in [-0.4, -0.2) is 49.1 Å². The summed E-state index contributed by atoms with van der Waals surface area (Å²) in [7, 11) is 0. The summed E-state index contributed by atoms with van der Waals surface area (Å²) >= 11 is 0. The predicted octanol–water partition coefficient (Wildman–Crippen LogP) is 0.623. The van der Waals surface area contributed by atoms with E-state index < -0.39 is 0 Å². The minimum Gasteiger partial charge on any atom is -0.355 e. The molecule has 0 radical (unpaired) electrons. The maximum atomic E-state index is 12.2. The summed E-state index contributed by atoms with van der Waals surface area (Å²) < 4.78 is 0. The number of unbranched alkanes of at least 4 members (excludes halogenated alkanes) is 1. The van der Waals surface area contributed by atoms with Gasteiger partial charge in [-0.3, -0.25) is 9.69 Å². The van der Waals surface area contributed by atoms with Crippen molar-refractivity contribution < 1.29 is 4.79 Å². The van der Waals surface area contributed by atoms with Crippen molar-refractivity contribution in [2.45, 2.75) is 50.6 Å². The molecule has 0 saturated carbocycles. The molecule has 0 bridgehead atoms. The summed E-state index contributed by atoms with van der Waals surface area (Å²) in [6.07, 6.45) is 5.68. The average molecular weight is 264 g/mol. The molecule has 0 spiro atoms. The van der Waals surface area contributed by atoms with E-state index in [1.54, 1.807) is 0 Å². The zero-order valence-electron chi connectivity index (χ0n) is 11.5. The highest BCUT2D eigenvalue weighted by atomic mass is 16.2. The Morgan fingerprint density at radius 2 is 2.16 bits per heavy atom. The predicted molar refractivity (Wildman–Crippen MR) is 73.5 cm³/mol. The Hall–Kier alpha value is -1.12. The number of rotatable bonds is 5. The van der Waals surface area contributed by atoms with E-state index in [9.17, 15) is 4.79 Å². The molecule has 5 heteroatoms. The fraction of sp³-hybridized carbons (Fsp3) is 0.857. The molecule has 2 aliphatic heterocycles. The molecular formula is C14H24N4O. The first-order chi connectivity index (χ1) is 9.33. The first-order valence-corrected chi connectivity index (χ1v) is 7.44. The van der Waals surface area contributed by atoms with Crippen molar-refractivity contribution in [3.05, 3.63) is 0 Å². The molecule has 1 unspecified atom stereocenters. The Morgan fingerprint density at radius 1 is 1.37 bits per heavy atom. The summed E-state index contributed by atoms with van der Waals surface area (Å²) in [6, 6.07) is 2.73. The second-order valence-corrected chi connectivity index (χ2v) is 5.43.